The molecule has 0 aromatic heterocycles. The molecule has 0 saturated carbocycles. The van der Waals surface area contributed by atoms with Crippen molar-refractivity contribution in [1.29, 1.82) is 0 Å². The number of hydrogen-bond acceptors (Lipinski definition) is 5. The molecule has 1 amide bonds. The minimum atomic E-state index is -0.820. The highest BCUT2D eigenvalue weighted by Gasteiger charge is 2.44. The molecule has 132 valence electrons. The lowest BCUT2D eigenvalue weighted by molar-refractivity contribution is -0.384. The van der Waals surface area contributed by atoms with Gasteiger partial charge in [-0.05, 0) is 29.8 Å². The lowest BCUT2D eigenvalue weighted by Gasteiger charge is -2.20. The van der Waals surface area contributed by atoms with Crippen molar-refractivity contribution < 1.29 is 19.6 Å². The van der Waals surface area contributed by atoms with Gasteiger partial charge >= 0.3 is 0 Å². The lowest BCUT2D eigenvalue weighted by atomic mass is 9.95. The van der Waals surface area contributed by atoms with E-state index in [1.165, 1.54) is 36.2 Å². The Bertz CT molecular complexity index is 935. The molecule has 8 heteroatoms. The van der Waals surface area contributed by atoms with E-state index in [2.05, 4.69) is 15.9 Å². The predicted molar refractivity (Wildman–Crippen MR) is 97.3 cm³/mol. The smallest absolute Gasteiger partial charge is 0.295 e. The summed E-state index contributed by atoms with van der Waals surface area (Å²) in [4.78, 5) is 36.1. The van der Waals surface area contributed by atoms with Crippen LogP contribution in [-0.4, -0.2) is 33.7 Å². The molecule has 1 heterocycles. The minimum Gasteiger partial charge on any atom is -0.507 e. The zero-order valence-electron chi connectivity index (χ0n) is 13.5. The maximum atomic E-state index is 12.4. The van der Waals surface area contributed by atoms with E-state index >= 15 is 0 Å². The molecular formula is C18H13BrN2O5. The first-order valence-corrected chi connectivity index (χ1v) is 8.35. The van der Waals surface area contributed by atoms with E-state index in [0.717, 1.165) is 4.47 Å². The number of likely N-dealkylation sites (N-methyl/N-ethyl adjacent to an activating group) is 1. The third-order valence-electron chi connectivity index (χ3n) is 4.21. The number of aliphatic hydroxyl groups is 1. The van der Waals surface area contributed by atoms with Crippen LogP contribution in [0.15, 0.2) is 58.6 Å². The maximum Gasteiger partial charge on any atom is 0.295 e. The summed E-state index contributed by atoms with van der Waals surface area (Å²) in [5, 5.41) is 21.5. The number of nitrogens with zero attached hydrogens (tertiary/aromatic N) is 2. The average Bonchev–Trinajstić information content (AvgIpc) is 2.86. The number of non-ortho nitro benzene ring substituents is 1. The molecule has 0 unspecified atom stereocenters. The van der Waals surface area contributed by atoms with E-state index in [9.17, 15) is 24.8 Å². The van der Waals surface area contributed by atoms with E-state index in [0.29, 0.717) is 11.1 Å². The molecule has 7 nitrogen and oxygen atoms in total. The summed E-state index contributed by atoms with van der Waals surface area (Å²) in [6.45, 7) is 0. The Hall–Kier alpha value is -3.00. The Morgan fingerprint density at radius 1 is 1.12 bits per heavy atom. The van der Waals surface area contributed by atoms with Crippen LogP contribution in [0.3, 0.4) is 0 Å². The summed E-state index contributed by atoms with van der Waals surface area (Å²) in [6, 6.07) is 11.4. The molecule has 1 atom stereocenters. The van der Waals surface area contributed by atoms with Gasteiger partial charge in [0.05, 0.1) is 16.5 Å². The Morgan fingerprint density at radius 3 is 2.23 bits per heavy atom. The normalized spacial score (nSPS) is 19.0. The fourth-order valence-corrected chi connectivity index (χ4v) is 3.14. The molecule has 1 aliphatic rings. The van der Waals surface area contributed by atoms with Crippen molar-refractivity contribution in [2.24, 2.45) is 0 Å². The van der Waals surface area contributed by atoms with Gasteiger partial charge in [0, 0.05) is 29.2 Å². The molecule has 1 aliphatic heterocycles. The van der Waals surface area contributed by atoms with Crippen molar-refractivity contribution in [3.8, 4) is 0 Å². The highest BCUT2D eigenvalue weighted by Crippen LogP contribution is 2.38. The number of halogens is 1. The highest BCUT2D eigenvalue weighted by atomic mass is 79.9. The fourth-order valence-electron chi connectivity index (χ4n) is 2.88. The molecule has 0 radical (unpaired) electrons. The van der Waals surface area contributed by atoms with Gasteiger partial charge in [0.15, 0.2) is 0 Å². The Morgan fingerprint density at radius 2 is 1.69 bits per heavy atom. The second kappa shape index (κ2) is 6.72. The van der Waals surface area contributed by atoms with Gasteiger partial charge in [-0.1, -0.05) is 28.1 Å². The standard InChI is InChI=1S/C18H13BrN2O5/c1-20-15(10-4-8-13(9-5-10)21(25)26)14(17(23)18(20)24)16(22)11-2-6-12(19)7-3-11/h2-9,15,22H,1H3/b16-14-/t15-/m1/s1. The largest absolute Gasteiger partial charge is 0.507 e. The third-order valence-corrected chi connectivity index (χ3v) is 4.74. The average molecular weight is 417 g/mol. The van der Waals surface area contributed by atoms with Crippen LogP contribution in [0.2, 0.25) is 0 Å². The number of carbonyl (C=O) groups excluding carboxylic acids is 2. The Labute approximate surface area is 156 Å². The van der Waals surface area contributed by atoms with E-state index in [1.54, 1.807) is 24.3 Å². The van der Waals surface area contributed by atoms with E-state index < -0.39 is 22.7 Å². The molecule has 26 heavy (non-hydrogen) atoms. The molecule has 2 aromatic carbocycles. The van der Waals surface area contributed by atoms with Gasteiger partial charge < -0.3 is 10.0 Å². The molecule has 1 saturated heterocycles. The van der Waals surface area contributed by atoms with Gasteiger partial charge in [-0.2, -0.15) is 0 Å². The van der Waals surface area contributed by atoms with Crippen molar-refractivity contribution in [1.82, 2.24) is 4.90 Å². The SMILES string of the molecule is CN1C(=O)C(=O)/C(=C(\O)c2ccc(Br)cc2)[C@H]1c1ccc([N+](=O)[O-])cc1. The van der Waals surface area contributed by atoms with E-state index in [-0.39, 0.29) is 17.0 Å². The number of nitro benzene ring substituents is 1. The fraction of sp³-hybridized carbons (Fsp3) is 0.111. The summed E-state index contributed by atoms with van der Waals surface area (Å²) in [6.07, 6.45) is 0. The highest BCUT2D eigenvalue weighted by molar-refractivity contribution is 9.10. The zero-order chi connectivity index (χ0) is 19.0. The summed E-state index contributed by atoms with van der Waals surface area (Å²) in [5.41, 5.74) is 0.742. The molecular weight excluding hydrogens is 404 g/mol. The number of aliphatic hydroxyl groups excluding tert-OH is 1. The van der Waals surface area contributed by atoms with Crippen molar-refractivity contribution in [3.05, 3.63) is 79.8 Å². The van der Waals surface area contributed by atoms with Crippen molar-refractivity contribution in [2.75, 3.05) is 7.05 Å². The van der Waals surface area contributed by atoms with Crippen LogP contribution in [0.5, 0.6) is 0 Å². The first kappa shape index (κ1) is 17.8. The van der Waals surface area contributed by atoms with Gasteiger partial charge in [0.1, 0.15) is 5.76 Å². The number of Topliss-reactive ketones (excluding diaryl/α,β-unsaturated/α-hetero) is 1. The Kier molecular flexibility index (Phi) is 4.60. The predicted octanol–water partition coefficient (Wildman–Crippen LogP) is 3.41. The molecule has 0 aliphatic carbocycles. The van der Waals surface area contributed by atoms with Crippen LogP contribution in [0.1, 0.15) is 17.2 Å². The van der Waals surface area contributed by atoms with Gasteiger partial charge in [-0.3, -0.25) is 19.7 Å². The topological polar surface area (TPSA) is 101 Å². The molecule has 2 aromatic rings. The van der Waals surface area contributed by atoms with Crippen molar-refractivity contribution in [3.63, 3.8) is 0 Å². The summed E-state index contributed by atoms with van der Waals surface area (Å²) in [5.74, 6) is -1.83. The number of carbonyl (C=O) groups is 2. The van der Waals surface area contributed by atoms with Crippen LogP contribution < -0.4 is 0 Å². The first-order valence-electron chi connectivity index (χ1n) is 7.56. The second-order valence-corrected chi connectivity index (χ2v) is 6.68. The summed E-state index contributed by atoms with van der Waals surface area (Å²) < 4.78 is 0.803. The summed E-state index contributed by atoms with van der Waals surface area (Å²) >= 11 is 3.29. The third kappa shape index (κ3) is 2.99. The molecule has 0 spiro atoms. The van der Waals surface area contributed by atoms with Crippen molar-refractivity contribution in [2.45, 2.75) is 6.04 Å². The lowest BCUT2D eigenvalue weighted by Crippen LogP contribution is -2.24. The quantitative estimate of drug-likeness (QED) is 0.271. The number of hydrogen-bond donors (Lipinski definition) is 1. The van der Waals surface area contributed by atoms with Gasteiger partial charge in [0.2, 0.25) is 0 Å². The van der Waals surface area contributed by atoms with Crippen molar-refractivity contribution >= 4 is 39.1 Å². The van der Waals surface area contributed by atoms with Gasteiger partial charge in [0.25, 0.3) is 17.4 Å². The zero-order valence-corrected chi connectivity index (χ0v) is 15.1. The van der Waals surface area contributed by atoms with Gasteiger partial charge in [-0.15, -0.1) is 0 Å². The maximum absolute atomic E-state index is 12.4. The number of benzene rings is 2. The van der Waals surface area contributed by atoms with Crippen LogP contribution in [0, 0.1) is 10.1 Å². The molecule has 1 fully saturated rings. The first-order chi connectivity index (χ1) is 12.3. The van der Waals surface area contributed by atoms with E-state index in [4.69, 9.17) is 0 Å². The number of likely N-dealkylation sites (tertiary alicyclic amines) is 1. The van der Waals surface area contributed by atoms with E-state index in [1.807, 2.05) is 0 Å². The number of amides is 1. The van der Waals surface area contributed by atoms with Gasteiger partial charge in [-0.25, -0.2) is 0 Å². The second-order valence-electron chi connectivity index (χ2n) is 5.77. The monoisotopic (exact) mass is 416 g/mol. The Balaban J connectivity index is 2.13. The number of rotatable bonds is 3. The molecule has 0 bridgehead atoms. The number of ketones is 1. The number of nitro groups is 1. The minimum absolute atomic E-state index is 0.0475. The summed E-state index contributed by atoms with van der Waals surface area (Å²) in [7, 11) is 1.45. The molecule has 3 rings (SSSR count). The van der Waals surface area contributed by atoms with Crippen LogP contribution in [0.25, 0.3) is 5.76 Å². The van der Waals surface area contributed by atoms with Crippen LogP contribution >= 0.6 is 15.9 Å². The van der Waals surface area contributed by atoms with Crippen LogP contribution in [-0.2, 0) is 9.59 Å². The molecule has 1 N–H and O–H groups in total. The van der Waals surface area contributed by atoms with Crippen LogP contribution in [0.4, 0.5) is 5.69 Å².